The molecule has 0 amide bonds. The Kier molecular flexibility index (Phi) is 5.52. The molecule has 33 heavy (non-hydrogen) atoms. The van der Waals surface area contributed by atoms with E-state index in [2.05, 4.69) is 4.98 Å². The summed E-state index contributed by atoms with van der Waals surface area (Å²) in [7, 11) is 0. The number of hydrogen-bond donors (Lipinski definition) is 1. The van der Waals surface area contributed by atoms with Crippen LogP contribution < -0.4 is 0 Å². The van der Waals surface area contributed by atoms with Crippen LogP contribution in [0.25, 0.3) is 17.0 Å². The van der Waals surface area contributed by atoms with Crippen LogP contribution in [0.4, 0.5) is 22.0 Å². The van der Waals surface area contributed by atoms with Crippen molar-refractivity contribution in [3.05, 3.63) is 95.6 Å². The molecule has 1 atom stereocenters. The topological polar surface area (TPSA) is 38.0 Å². The third-order valence-electron chi connectivity index (χ3n) is 5.49. The van der Waals surface area contributed by atoms with E-state index in [0.29, 0.717) is 11.1 Å². The number of halogens is 5. The molecule has 0 aliphatic heterocycles. The van der Waals surface area contributed by atoms with Gasteiger partial charge in [0, 0.05) is 18.2 Å². The third-order valence-corrected chi connectivity index (χ3v) is 5.49. The SMILES string of the molecule is CC(C)(O)c1cn(C2(F)C=CC(c3cccc(F)c3)=CC2)c(-c2ccccc2C(F)(F)F)n1. The maximum absolute atomic E-state index is 16.2. The molecule has 1 heterocycles. The molecule has 0 bridgehead atoms. The van der Waals surface area contributed by atoms with E-state index in [1.807, 2.05) is 0 Å². The van der Waals surface area contributed by atoms with E-state index in [-0.39, 0.29) is 23.5 Å². The second-order valence-electron chi connectivity index (χ2n) is 8.45. The number of alkyl halides is 4. The molecule has 0 spiro atoms. The lowest BCUT2D eigenvalue weighted by atomic mass is 9.95. The summed E-state index contributed by atoms with van der Waals surface area (Å²) < 4.78 is 71.8. The zero-order chi connectivity index (χ0) is 24.0. The van der Waals surface area contributed by atoms with Gasteiger partial charge in [-0.2, -0.15) is 13.2 Å². The number of nitrogens with zero attached hydrogens (tertiary/aromatic N) is 2. The highest BCUT2D eigenvalue weighted by Crippen LogP contribution is 2.42. The third kappa shape index (κ3) is 4.48. The molecular formula is C25H21F5N2O. The average Bonchev–Trinajstić information content (AvgIpc) is 3.21. The van der Waals surface area contributed by atoms with E-state index in [1.54, 1.807) is 12.1 Å². The van der Waals surface area contributed by atoms with Gasteiger partial charge in [0.25, 0.3) is 0 Å². The fourth-order valence-electron chi connectivity index (χ4n) is 3.74. The summed E-state index contributed by atoms with van der Waals surface area (Å²) in [6.07, 6.45) is 0.548. The molecule has 172 valence electrons. The summed E-state index contributed by atoms with van der Waals surface area (Å²) in [6, 6.07) is 10.6. The van der Waals surface area contributed by atoms with Gasteiger partial charge in [-0.15, -0.1) is 0 Å². The highest BCUT2D eigenvalue weighted by molar-refractivity contribution is 5.75. The Bertz CT molecular complexity index is 1250. The summed E-state index contributed by atoms with van der Waals surface area (Å²) in [6.45, 7) is 2.84. The second-order valence-corrected chi connectivity index (χ2v) is 8.45. The highest BCUT2D eigenvalue weighted by Gasteiger charge is 2.39. The number of rotatable bonds is 4. The minimum Gasteiger partial charge on any atom is -0.384 e. The molecule has 1 aliphatic carbocycles. The van der Waals surface area contributed by atoms with Crippen molar-refractivity contribution in [2.24, 2.45) is 0 Å². The van der Waals surface area contributed by atoms with Crippen LogP contribution in [0.5, 0.6) is 0 Å². The Balaban J connectivity index is 1.83. The molecule has 0 saturated heterocycles. The van der Waals surface area contributed by atoms with Gasteiger partial charge in [-0.3, -0.25) is 4.57 Å². The van der Waals surface area contributed by atoms with Crippen molar-refractivity contribution in [2.75, 3.05) is 0 Å². The number of hydrogen-bond acceptors (Lipinski definition) is 2. The van der Waals surface area contributed by atoms with Crippen molar-refractivity contribution >= 4 is 5.57 Å². The zero-order valence-electron chi connectivity index (χ0n) is 17.9. The van der Waals surface area contributed by atoms with Gasteiger partial charge in [0.2, 0.25) is 5.79 Å². The van der Waals surface area contributed by atoms with Crippen LogP contribution in [-0.2, 0) is 17.6 Å². The van der Waals surface area contributed by atoms with Crippen LogP contribution in [-0.4, -0.2) is 14.7 Å². The molecule has 3 nitrogen and oxygen atoms in total. The van der Waals surface area contributed by atoms with Crippen molar-refractivity contribution in [2.45, 2.75) is 37.8 Å². The fraction of sp³-hybridized carbons (Fsp3) is 0.240. The van der Waals surface area contributed by atoms with Crippen molar-refractivity contribution in [1.82, 2.24) is 9.55 Å². The smallest absolute Gasteiger partial charge is 0.384 e. The molecule has 0 fully saturated rings. The summed E-state index contributed by atoms with van der Waals surface area (Å²) >= 11 is 0. The Morgan fingerprint density at radius 1 is 1.06 bits per heavy atom. The summed E-state index contributed by atoms with van der Waals surface area (Å²) in [4.78, 5) is 4.20. The first-order chi connectivity index (χ1) is 15.4. The van der Waals surface area contributed by atoms with Crippen LogP contribution in [0, 0.1) is 5.82 Å². The van der Waals surface area contributed by atoms with E-state index in [0.717, 1.165) is 10.6 Å². The average molecular weight is 460 g/mol. The quantitative estimate of drug-likeness (QED) is 0.446. The molecule has 1 aliphatic rings. The summed E-state index contributed by atoms with van der Waals surface area (Å²) in [5.41, 5.74) is -1.60. The monoisotopic (exact) mass is 460 g/mol. The van der Waals surface area contributed by atoms with Crippen molar-refractivity contribution in [1.29, 1.82) is 0 Å². The molecule has 1 N–H and O–H groups in total. The minimum atomic E-state index is -4.68. The fourth-order valence-corrected chi connectivity index (χ4v) is 3.74. The van der Waals surface area contributed by atoms with Gasteiger partial charge in [-0.05, 0) is 49.3 Å². The first kappa shape index (κ1) is 22.9. The van der Waals surface area contributed by atoms with Crippen molar-refractivity contribution < 1.29 is 27.1 Å². The number of imidazole rings is 1. The minimum absolute atomic E-state index is 0.0276. The standard InChI is InChI=1S/C25H21F5N2O/c1-23(2,33)21-15-32(22(31-21)19-8-3-4-9-20(19)25(28,29)30)24(27)12-10-16(11-13-24)17-6-5-7-18(26)14-17/h3-12,14-15,33H,13H2,1-2H3. The molecule has 0 radical (unpaired) electrons. The lowest BCUT2D eigenvalue weighted by molar-refractivity contribution is -0.137. The maximum Gasteiger partial charge on any atom is 0.417 e. The van der Waals surface area contributed by atoms with Gasteiger partial charge in [-0.1, -0.05) is 42.5 Å². The first-order valence-corrected chi connectivity index (χ1v) is 10.2. The van der Waals surface area contributed by atoms with E-state index >= 15 is 4.39 Å². The molecule has 1 unspecified atom stereocenters. The molecule has 1 aromatic heterocycles. The largest absolute Gasteiger partial charge is 0.417 e. The normalized spacial score (nSPS) is 19.0. The van der Waals surface area contributed by atoms with Crippen LogP contribution in [0.15, 0.2) is 73.0 Å². The summed E-state index contributed by atoms with van der Waals surface area (Å²) in [5.74, 6) is -2.94. The van der Waals surface area contributed by atoms with Gasteiger partial charge in [0.05, 0.1) is 11.3 Å². The lowest BCUT2D eigenvalue weighted by Crippen LogP contribution is -2.28. The van der Waals surface area contributed by atoms with E-state index in [1.165, 1.54) is 68.6 Å². The first-order valence-electron chi connectivity index (χ1n) is 10.2. The number of aromatic nitrogens is 2. The predicted molar refractivity (Wildman–Crippen MR) is 115 cm³/mol. The Hall–Kier alpha value is -3.26. The molecule has 3 aromatic rings. The Labute approximate surface area is 187 Å². The molecule has 8 heteroatoms. The number of allylic oxidation sites excluding steroid dienone is 4. The second kappa shape index (κ2) is 7.95. The molecule has 4 rings (SSSR count). The van der Waals surface area contributed by atoms with Gasteiger partial charge >= 0.3 is 6.18 Å². The van der Waals surface area contributed by atoms with Gasteiger partial charge < -0.3 is 5.11 Å². The van der Waals surface area contributed by atoms with Gasteiger partial charge in [-0.25, -0.2) is 13.8 Å². The van der Waals surface area contributed by atoms with E-state index in [9.17, 15) is 22.7 Å². The van der Waals surface area contributed by atoms with Crippen LogP contribution >= 0.6 is 0 Å². The predicted octanol–water partition coefficient (Wildman–Crippen LogP) is 6.60. The zero-order valence-corrected chi connectivity index (χ0v) is 17.9. The highest BCUT2D eigenvalue weighted by atomic mass is 19.4. The van der Waals surface area contributed by atoms with Crippen molar-refractivity contribution in [3.8, 4) is 11.4 Å². The van der Waals surface area contributed by atoms with E-state index < -0.39 is 29.0 Å². The summed E-state index contributed by atoms with van der Waals surface area (Å²) in [5, 5.41) is 10.4. The van der Waals surface area contributed by atoms with Crippen LogP contribution in [0.2, 0.25) is 0 Å². The van der Waals surface area contributed by atoms with Gasteiger partial charge in [0.15, 0.2) is 0 Å². The van der Waals surface area contributed by atoms with Gasteiger partial charge in [0.1, 0.15) is 17.2 Å². The van der Waals surface area contributed by atoms with Crippen molar-refractivity contribution in [3.63, 3.8) is 0 Å². The molecule has 2 aromatic carbocycles. The molecule has 0 saturated carbocycles. The van der Waals surface area contributed by atoms with E-state index in [4.69, 9.17) is 0 Å². The lowest BCUT2D eigenvalue weighted by Gasteiger charge is -2.28. The molecular weight excluding hydrogens is 439 g/mol. The van der Waals surface area contributed by atoms with Crippen LogP contribution in [0.3, 0.4) is 0 Å². The Morgan fingerprint density at radius 2 is 1.79 bits per heavy atom. The number of aliphatic hydroxyl groups is 1. The Morgan fingerprint density at radius 3 is 2.39 bits per heavy atom. The number of benzene rings is 2. The van der Waals surface area contributed by atoms with Crippen LogP contribution in [0.1, 0.15) is 37.1 Å². The maximum atomic E-state index is 16.2.